The van der Waals surface area contributed by atoms with Crippen molar-refractivity contribution in [3.8, 4) is 5.75 Å². The summed E-state index contributed by atoms with van der Waals surface area (Å²) in [5.74, 6) is 0.831. The number of benzene rings is 2. The highest BCUT2D eigenvalue weighted by Crippen LogP contribution is 2.22. The van der Waals surface area contributed by atoms with Crippen molar-refractivity contribution in [2.75, 3.05) is 25.6 Å². The summed E-state index contributed by atoms with van der Waals surface area (Å²) in [5.41, 5.74) is 3.10. The first-order chi connectivity index (χ1) is 10.7. The summed E-state index contributed by atoms with van der Waals surface area (Å²) in [5, 5.41) is 12.7. The number of methoxy groups -OCH3 is 1. The molecule has 0 aliphatic heterocycles. The molecular formula is C18H23NO3. The molecule has 1 unspecified atom stereocenters. The van der Waals surface area contributed by atoms with Crippen molar-refractivity contribution in [3.05, 3.63) is 59.7 Å². The molecular weight excluding hydrogens is 278 g/mol. The molecule has 1 atom stereocenters. The quantitative estimate of drug-likeness (QED) is 0.734. The summed E-state index contributed by atoms with van der Waals surface area (Å²) in [6, 6.07) is 16.0. The predicted molar refractivity (Wildman–Crippen MR) is 88.2 cm³/mol. The average Bonchev–Trinajstić information content (AvgIpc) is 2.56. The summed E-state index contributed by atoms with van der Waals surface area (Å²) in [6.07, 6.45) is 0. The molecule has 0 saturated heterocycles. The minimum absolute atomic E-state index is 0.0636. The van der Waals surface area contributed by atoms with Crippen LogP contribution < -0.4 is 10.1 Å². The second kappa shape index (κ2) is 8.41. The zero-order chi connectivity index (χ0) is 15.8. The molecule has 0 amide bonds. The predicted octanol–water partition coefficient (Wildman–Crippen LogP) is 3.38. The van der Waals surface area contributed by atoms with E-state index in [4.69, 9.17) is 9.47 Å². The van der Waals surface area contributed by atoms with E-state index in [9.17, 15) is 5.11 Å². The van der Waals surface area contributed by atoms with Crippen molar-refractivity contribution >= 4 is 5.69 Å². The molecule has 0 fully saturated rings. The number of ether oxygens (including phenoxy) is 2. The molecule has 0 spiro atoms. The molecule has 4 heteroatoms. The molecule has 2 aromatic carbocycles. The van der Waals surface area contributed by atoms with Gasteiger partial charge in [-0.2, -0.15) is 0 Å². The van der Waals surface area contributed by atoms with Gasteiger partial charge in [0.2, 0.25) is 0 Å². The largest absolute Gasteiger partial charge is 0.491 e. The lowest BCUT2D eigenvalue weighted by Gasteiger charge is -2.17. The Morgan fingerprint density at radius 2 is 1.86 bits per heavy atom. The number of aliphatic hydroxyl groups is 1. The SMILES string of the molecule is COCCOc1ccc(NC(C)c2cccc(CO)c2)cc1. The first-order valence-corrected chi connectivity index (χ1v) is 7.41. The molecule has 22 heavy (non-hydrogen) atoms. The molecule has 0 bridgehead atoms. The standard InChI is InChI=1S/C18H23NO3/c1-14(16-5-3-4-15(12-16)13-20)19-17-6-8-18(9-7-17)22-11-10-21-2/h3-9,12,14,19-20H,10-11,13H2,1-2H3. The third-order valence-electron chi connectivity index (χ3n) is 3.43. The fourth-order valence-corrected chi connectivity index (χ4v) is 2.18. The molecule has 0 aliphatic rings. The van der Waals surface area contributed by atoms with Gasteiger partial charge in [0, 0.05) is 18.8 Å². The van der Waals surface area contributed by atoms with Crippen LogP contribution in [0.2, 0.25) is 0 Å². The molecule has 118 valence electrons. The molecule has 2 aromatic rings. The lowest BCUT2D eigenvalue weighted by Crippen LogP contribution is -2.07. The van der Waals surface area contributed by atoms with E-state index in [0.29, 0.717) is 13.2 Å². The van der Waals surface area contributed by atoms with Gasteiger partial charge in [0.15, 0.2) is 0 Å². The minimum atomic E-state index is 0.0636. The van der Waals surface area contributed by atoms with E-state index in [0.717, 1.165) is 22.6 Å². The van der Waals surface area contributed by atoms with Crippen molar-refractivity contribution in [3.63, 3.8) is 0 Å². The lowest BCUT2D eigenvalue weighted by atomic mass is 10.1. The van der Waals surface area contributed by atoms with Crippen LogP contribution in [0.1, 0.15) is 24.1 Å². The number of rotatable bonds is 8. The first-order valence-electron chi connectivity index (χ1n) is 7.41. The monoisotopic (exact) mass is 301 g/mol. The van der Waals surface area contributed by atoms with E-state index in [1.807, 2.05) is 42.5 Å². The number of nitrogens with one attached hydrogen (secondary N) is 1. The Bertz CT molecular complexity index is 569. The van der Waals surface area contributed by atoms with Gasteiger partial charge in [0.1, 0.15) is 12.4 Å². The van der Waals surface area contributed by atoms with Gasteiger partial charge in [-0.05, 0) is 42.3 Å². The van der Waals surface area contributed by atoms with E-state index in [-0.39, 0.29) is 12.6 Å². The fraction of sp³-hybridized carbons (Fsp3) is 0.333. The van der Waals surface area contributed by atoms with Gasteiger partial charge < -0.3 is 19.9 Å². The van der Waals surface area contributed by atoms with E-state index in [2.05, 4.69) is 18.3 Å². The van der Waals surface area contributed by atoms with Gasteiger partial charge >= 0.3 is 0 Å². The maximum Gasteiger partial charge on any atom is 0.119 e. The van der Waals surface area contributed by atoms with Crippen molar-refractivity contribution < 1.29 is 14.6 Å². The maximum atomic E-state index is 9.21. The molecule has 0 radical (unpaired) electrons. The van der Waals surface area contributed by atoms with E-state index in [1.165, 1.54) is 0 Å². The van der Waals surface area contributed by atoms with E-state index >= 15 is 0 Å². The van der Waals surface area contributed by atoms with Gasteiger partial charge in [0.05, 0.1) is 13.2 Å². The van der Waals surface area contributed by atoms with Crippen LogP contribution in [-0.4, -0.2) is 25.4 Å². The van der Waals surface area contributed by atoms with Crippen LogP contribution in [-0.2, 0) is 11.3 Å². The van der Waals surface area contributed by atoms with Crippen LogP contribution in [0.5, 0.6) is 5.75 Å². The van der Waals surface area contributed by atoms with Gasteiger partial charge in [-0.25, -0.2) is 0 Å². The van der Waals surface area contributed by atoms with Crippen molar-refractivity contribution in [1.29, 1.82) is 0 Å². The highest BCUT2D eigenvalue weighted by atomic mass is 16.5. The number of hydrogen-bond acceptors (Lipinski definition) is 4. The van der Waals surface area contributed by atoms with Crippen LogP contribution in [0.3, 0.4) is 0 Å². The topological polar surface area (TPSA) is 50.7 Å². The summed E-state index contributed by atoms with van der Waals surface area (Å²) in [7, 11) is 1.66. The van der Waals surface area contributed by atoms with E-state index < -0.39 is 0 Å². The Balaban J connectivity index is 1.94. The Morgan fingerprint density at radius 1 is 1.09 bits per heavy atom. The summed E-state index contributed by atoms with van der Waals surface area (Å²) in [6.45, 7) is 3.29. The normalized spacial score (nSPS) is 12.0. The fourth-order valence-electron chi connectivity index (χ4n) is 2.18. The number of anilines is 1. The third-order valence-corrected chi connectivity index (χ3v) is 3.43. The van der Waals surface area contributed by atoms with Crippen LogP contribution >= 0.6 is 0 Å². The smallest absolute Gasteiger partial charge is 0.119 e. The Hall–Kier alpha value is -2.04. The third kappa shape index (κ3) is 4.76. The van der Waals surface area contributed by atoms with Crippen molar-refractivity contribution in [1.82, 2.24) is 0 Å². The highest BCUT2D eigenvalue weighted by Gasteiger charge is 2.06. The summed E-state index contributed by atoms with van der Waals surface area (Å²) < 4.78 is 10.5. The first kappa shape index (κ1) is 16.3. The van der Waals surface area contributed by atoms with Crippen LogP contribution in [0.4, 0.5) is 5.69 Å². The Labute approximate surface area is 131 Å². The van der Waals surface area contributed by atoms with Crippen LogP contribution in [0.25, 0.3) is 0 Å². The molecule has 2 rings (SSSR count). The number of aliphatic hydroxyl groups excluding tert-OH is 1. The van der Waals surface area contributed by atoms with Gasteiger partial charge in [0.25, 0.3) is 0 Å². The molecule has 4 nitrogen and oxygen atoms in total. The van der Waals surface area contributed by atoms with Crippen LogP contribution in [0.15, 0.2) is 48.5 Å². The molecule has 0 heterocycles. The molecule has 2 N–H and O–H groups in total. The zero-order valence-electron chi connectivity index (χ0n) is 13.1. The van der Waals surface area contributed by atoms with Gasteiger partial charge in [-0.3, -0.25) is 0 Å². The maximum absolute atomic E-state index is 9.21. The summed E-state index contributed by atoms with van der Waals surface area (Å²) >= 11 is 0. The zero-order valence-corrected chi connectivity index (χ0v) is 13.1. The highest BCUT2D eigenvalue weighted by molar-refractivity contribution is 5.48. The van der Waals surface area contributed by atoms with Crippen molar-refractivity contribution in [2.24, 2.45) is 0 Å². The van der Waals surface area contributed by atoms with Crippen LogP contribution in [0, 0.1) is 0 Å². The summed E-state index contributed by atoms with van der Waals surface area (Å²) in [4.78, 5) is 0. The lowest BCUT2D eigenvalue weighted by molar-refractivity contribution is 0.146. The Kier molecular flexibility index (Phi) is 6.25. The molecule has 0 aromatic heterocycles. The van der Waals surface area contributed by atoms with Gasteiger partial charge in [-0.15, -0.1) is 0 Å². The van der Waals surface area contributed by atoms with Crippen molar-refractivity contribution in [2.45, 2.75) is 19.6 Å². The number of hydrogen-bond donors (Lipinski definition) is 2. The second-order valence-electron chi connectivity index (χ2n) is 5.13. The minimum Gasteiger partial charge on any atom is -0.491 e. The van der Waals surface area contributed by atoms with Gasteiger partial charge in [-0.1, -0.05) is 24.3 Å². The molecule has 0 aliphatic carbocycles. The second-order valence-corrected chi connectivity index (χ2v) is 5.13. The Morgan fingerprint density at radius 3 is 2.55 bits per heavy atom. The average molecular weight is 301 g/mol. The molecule has 0 saturated carbocycles. The van der Waals surface area contributed by atoms with E-state index in [1.54, 1.807) is 7.11 Å².